The van der Waals surface area contributed by atoms with Crippen LogP contribution in [0.3, 0.4) is 0 Å². The minimum atomic E-state index is -1.49. The van der Waals surface area contributed by atoms with Gasteiger partial charge in [-0.3, -0.25) is 0 Å². The van der Waals surface area contributed by atoms with Crippen molar-refractivity contribution in [2.45, 2.75) is 0 Å². The molecule has 5 nitrogen and oxygen atoms in total. The summed E-state index contributed by atoms with van der Waals surface area (Å²) in [5.74, 6) is -0.568. The molecule has 0 fully saturated rings. The molecule has 88 valence electrons. The summed E-state index contributed by atoms with van der Waals surface area (Å²) in [5.41, 5.74) is 5.94. The second-order valence-electron chi connectivity index (χ2n) is 3.06. The van der Waals surface area contributed by atoms with Crippen molar-refractivity contribution in [3.63, 3.8) is 0 Å². The van der Waals surface area contributed by atoms with Crippen molar-refractivity contribution >= 4 is 22.6 Å². The molecule has 0 saturated heterocycles. The lowest BCUT2D eigenvalue weighted by atomic mass is 10.2. The zero-order valence-corrected chi connectivity index (χ0v) is 9.20. The van der Waals surface area contributed by atoms with Gasteiger partial charge in [0.2, 0.25) is 5.88 Å². The quantitative estimate of drug-likeness (QED) is 0.804. The highest BCUT2D eigenvalue weighted by Crippen LogP contribution is 2.37. The maximum absolute atomic E-state index is 13.0. The van der Waals surface area contributed by atoms with Gasteiger partial charge in [0.15, 0.2) is 5.13 Å². The number of halogens is 1. The second-order valence-corrected chi connectivity index (χ2v) is 4.10. The van der Waals surface area contributed by atoms with Crippen LogP contribution in [-0.2, 0) is 0 Å². The fourth-order valence-electron chi connectivity index (χ4n) is 1.29. The Bertz CT molecular complexity index is 570. The molecular formula is C10H7FN2O3S. The first-order valence-corrected chi connectivity index (χ1v) is 5.31. The number of benzene rings is 1. The van der Waals surface area contributed by atoms with E-state index in [9.17, 15) is 9.18 Å². The second kappa shape index (κ2) is 4.38. The molecule has 0 amide bonds. The Morgan fingerprint density at radius 3 is 2.94 bits per heavy atom. The highest BCUT2D eigenvalue weighted by Gasteiger charge is 2.16. The number of ether oxygens (including phenoxy) is 1. The number of hydrogen-bond acceptors (Lipinski definition) is 5. The van der Waals surface area contributed by atoms with Crippen molar-refractivity contribution in [3.8, 4) is 16.3 Å². The highest BCUT2D eigenvalue weighted by atomic mass is 32.1. The largest absolute Gasteiger partial charge is 0.512 e. The molecule has 0 unspecified atom stereocenters. The molecule has 0 aliphatic heterocycles. The monoisotopic (exact) mass is 254 g/mol. The van der Waals surface area contributed by atoms with Crippen LogP contribution in [0, 0.1) is 5.82 Å². The van der Waals surface area contributed by atoms with E-state index in [1.54, 1.807) is 6.07 Å². The minimum absolute atomic E-state index is 0.134. The molecule has 0 saturated carbocycles. The van der Waals surface area contributed by atoms with Crippen molar-refractivity contribution in [1.82, 2.24) is 4.98 Å². The molecule has 1 aromatic carbocycles. The van der Waals surface area contributed by atoms with Gasteiger partial charge in [-0.2, -0.15) is 4.98 Å². The Balaban J connectivity index is 2.47. The number of aromatic nitrogens is 1. The number of nitrogens with zero attached hydrogens (tertiary/aromatic N) is 1. The van der Waals surface area contributed by atoms with Gasteiger partial charge in [0.25, 0.3) is 0 Å². The lowest BCUT2D eigenvalue weighted by molar-refractivity contribution is 0.143. The van der Waals surface area contributed by atoms with Gasteiger partial charge < -0.3 is 15.6 Å². The van der Waals surface area contributed by atoms with Gasteiger partial charge in [-0.15, -0.1) is 0 Å². The third kappa shape index (κ3) is 2.51. The molecule has 0 radical (unpaired) electrons. The fraction of sp³-hybridized carbons (Fsp3) is 0. The van der Waals surface area contributed by atoms with Gasteiger partial charge in [0.1, 0.15) is 10.7 Å². The van der Waals surface area contributed by atoms with E-state index < -0.39 is 12.0 Å². The molecule has 1 heterocycles. The van der Waals surface area contributed by atoms with Gasteiger partial charge in [-0.05, 0) is 12.1 Å². The predicted octanol–water partition coefficient (Wildman–Crippen LogP) is 2.59. The van der Waals surface area contributed by atoms with Gasteiger partial charge in [-0.25, -0.2) is 9.18 Å². The maximum atomic E-state index is 13.0. The Kier molecular flexibility index (Phi) is 2.92. The standard InChI is InChI=1S/C10H7FN2O3S/c11-6-3-1-2-5(4-6)7-8(16-10(14)15)13-9(12)17-7/h1-4H,(H2,12,13)(H,14,15). The first-order valence-electron chi connectivity index (χ1n) is 4.49. The average Bonchev–Trinajstić information content (AvgIpc) is 2.58. The molecule has 0 aliphatic rings. The van der Waals surface area contributed by atoms with E-state index in [0.29, 0.717) is 10.4 Å². The maximum Gasteiger partial charge on any atom is 0.512 e. The van der Waals surface area contributed by atoms with Crippen LogP contribution in [0.1, 0.15) is 0 Å². The topological polar surface area (TPSA) is 85.4 Å². The lowest BCUT2D eigenvalue weighted by Crippen LogP contribution is -2.04. The summed E-state index contributed by atoms with van der Waals surface area (Å²) < 4.78 is 17.5. The van der Waals surface area contributed by atoms with Crippen LogP contribution >= 0.6 is 11.3 Å². The summed E-state index contributed by atoms with van der Waals surface area (Å²) in [6.07, 6.45) is -1.49. The van der Waals surface area contributed by atoms with Crippen LogP contribution in [0.2, 0.25) is 0 Å². The molecule has 3 N–H and O–H groups in total. The highest BCUT2D eigenvalue weighted by molar-refractivity contribution is 7.19. The van der Waals surface area contributed by atoms with Crippen LogP contribution in [-0.4, -0.2) is 16.2 Å². The third-order valence-electron chi connectivity index (χ3n) is 1.88. The van der Waals surface area contributed by atoms with Crippen molar-refractivity contribution in [3.05, 3.63) is 30.1 Å². The molecule has 1 aromatic heterocycles. The van der Waals surface area contributed by atoms with Crippen molar-refractivity contribution < 1.29 is 19.0 Å². The molecule has 7 heteroatoms. The van der Waals surface area contributed by atoms with Gasteiger partial charge in [0, 0.05) is 5.56 Å². The summed E-state index contributed by atoms with van der Waals surface area (Å²) >= 11 is 1.03. The summed E-state index contributed by atoms with van der Waals surface area (Å²) in [6.45, 7) is 0. The Morgan fingerprint density at radius 1 is 1.53 bits per heavy atom. The zero-order chi connectivity index (χ0) is 12.4. The summed E-state index contributed by atoms with van der Waals surface area (Å²) in [5, 5.41) is 8.68. The Hall–Kier alpha value is -2.15. The number of hydrogen-bond donors (Lipinski definition) is 2. The number of carbonyl (C=O) groups is 1. The predicted molar refractivity (Wildman–Crippen MR) is 60.6 cm³/mol. The SMILES string of the molecule is Nc1nc(OC(=O)O)c(-c2cccc(F)c2)s1. The molecule has 17 heavy (non-hydrogen) atoms. The van der Waals surface area contributed by atoms with Crippen LogP contribution in [0.15, 0.2) is 24.3 Å². The average molecular weight is 254 g/mol. The number of rotatable bonds is 2. The molecule has 0 spiro atoms. The van der Waals surface area contributed by atoms with Gasteiger partial charge in [0.05, 0.1) is 0 Å². The first kappa shape index (κ1) is 11.3. The lowest BCUT2D eigenvalue weighted by Gasteiger charge is -2.00. The Morgan fingerprint density at radius 2 is 2.29 bits per heavy atom. The van der Waals surface area contributed by atoms with Crippen molar-refractivity contribution in [2.24, 2.45) is 0 Å². The summed E-state index contributed by atoms with van der Waals surface area (Å²) in [7, 11) is 0. The smallest absolute Gasteiger partial charge is 0.449 e. The van der Waals surface area contributed by atoms with E-state index in [1.165, 1.54) is 18.2 Å². The van der Waals surface area contributed by atoms with Gasteiger partial charge in [-0.1, -0.05) is 23.5 Å². The van der Waals surface area contributed by atoms with E-state index >= 15 is 0 Å². The van der Waals surface area contributed by atoms with Crippen LogP contribution in [0.5, 0.6) is 5.88 Å². The van der Waals surface area contributed by atoms with Crippen molar-refractivity contribution in [2.75, 3.05) is 5.73 Å². The van der Waals surface area contributed by atoms with Crippen LogP contribution in [0.4, 0.5) is 14.3 Å². The zero-order valence-electron chi connectivity index (χ0n) is 8.38. The van der Waals surface area contributed by atoms with E-state index in [4.69, 9.17) is 10.8 Å². The normalized spacial score (nSPS) is 10.2. The molecule has 0 aliphatic carbocycles. The number of anilines is 1. The number of thiazole rings is 1. The van der Waals surface area contributed by atoms with E-state index in [-0.39, 0.29) is 11.0 Å². The molecule has 2 rings (SSSR count). The van der Waals surface area contributed by atoms with E-state index in [0.717, 1.165) is 11.3 Å². The molecular weight excluding hydrogens is 247 g/mol. The van der Waals surface area contributed by atoms with Crippen LogP contribution in [0.25, 0.3) is 10.4 Å². The minimum Gasteiger partial charge on any atom is -0.449 e. The van der Waals surface area contributed by atoms with E-state index in [1.807, 2.05) is 0 Å². The van der Waals surface area contributed by atoms with Crippen LogP contribution < -0.4 is 10.5 Å². The van der Waals surface area contributed by atoms with E-state index in [2.05, 4.69) is 9.72 Å². The van der Waals surface area contributed by atoms with Gasteiger partial charge >= 0.3 is 6.16 Å². The molecule has 0 bridgehead atoms. The number of carboxylic acid groups (broad SMARTS) is 1. The summed E-state index contributed by atoms with van der Waals surface area (Å²) in [6, 6.07) is 5.66. The Labute approximate surface area is 99.3 Å². The fourth-order valence-corrected chi connectivity index (χ4v) is 2.04. The molecule has 0 atom stereocenters. The number of nitrogens with two attached hydrogens (primary N) is 1. The first-order chi connectivity index (χ1) is 8.06. The third-order valence-corrected chi connectivity index (χ3v) is 2.80. The molecule has 2 aromatic rings. The summed E-state index contributed by atoms with van der Waals surface area (Å²) in [4.78, 5) is 14.6. The number of nitrogen functional groups attached to an aromatic ring is 1. The van der Waals surface area contributed by atoms with Crippen molar-refractivity contribution in [1.29, 1.82) is 0 Å².